The van der Waals surface area contributed by atoms with Gasteiger partial charge in [-0.3, -0.25) is 0 Å². The first-order valence-corrected chi connectivity index (χ1v) is 9.30. The zero-order valence-electron chi connectivity index (χ0n) is 12.3. The van der Waals surface area contributed by atoms with Crippen molar-refractivity contribution in [3.63, 3.8) is 0 Å². The minimum Gasteiger partial charge on any atom is -0.335 e. The largest absolute Gasteiger partial charge is 0.335 e. The van der Waals surface area contributed by atoms with Gasteiger partial charge in [-0.05, 0) is 50.0 Å². The standard InChI is InChI=1S/C17H20ClNS2/c1-2-19-14-10-13(18)8-9-16(14)21-17(19)11-15(20)12-6-4-3-5-7-12/h8-12H,2-7H2,1H3. The third kappa shape index (κ3) is 3.30. The second-order valence-corrected chi connectivity index (χ2v) is 7.65. The Morgan fingerprint density at radius 1 is 1.38 bits per heavy atom. The van der Waals surface area contributed by atoms with E-state index < -0.39 is 0 Å². The molecule has 112 valence electrons. The van der Waals surface area contributed by atoms with Crippen molar-refractivity contribution in [2.24, 2.45) is 5.92 Å². The number of benzene rings is 1. The van der Waals surface area contributed by atoms with Gasteiger partial charge < -0.3 is 4.90 Å². The van der Waals surface area contributed by atoms with E-state index in [1.807, 2.05) is 17.8 Å². The number of thiocarbonyl (C=S) groups is 1. The number of halogens is 1. The van der Waals surface area contributed by atoms with Crippen LogP contribution in [0.5, 0.6) is 0 Å². The summed E-state index contributed by atoms with van der Waals surface area (Å²) in [6, 6.07) is 6.12. The lowest BCUT2D eigenvalue weighted by Crippen LogP contribution is -2.19. The number of nitrogens with zero attached hydrogens (tertiary/aromatic N) is 1. The summed E-state index contributed by atoms with van der Waals surface area (Å²) in [6.45, 7) is 3.12. The zero-order chi connectivity index (χ0) is 14.8. The Hall–Kier alpha value is -0.510. The van der Waals surface area contributed by atoms with E-state index in [-0.39, 0.29) is 0 Å². The fraction of sp³-hybridized carbons (Fsp3) is 0.471. The molecule has 0 atom stereocenters. The second kappa shape index (κ2) is 6.72. The van der Waals surface area contributed by atoms with Crippen molar-refractivity contribution in [2.45, 2.75) is 43.9 Å². The highest BCUT2D eigenvalue weighted by Gasteiger charge is 2.25. The molecule has 1 saturated carbocycles. The third-order valence-electron chi connectivity index (χ3n) is 4.28. The highest BCUT2D eigenvalue weighted by molar-refractivity contribution is 8.03. The van der Waals surface area contributed by atoms with Gasteiger partial charge in [0.05, 0.1) is 10.7 Å². The number of fused-ring (bicyclic) bond motifs is 1. The number of allylic oxidation sites excluding steroid dienone is 1. The van der Waals surface area contributed by atoms with E-state index in [4.69, 9.17) is 23.8 Å². The summed E-state index contributed by atoms with van der Waals surface area (Å²) in [4.78, 5) is 4.73. The number of hydrogen-bond donors (Lipinski definition) is 0. The maximum absolute atomic E-state index is 6.14. The normalized spacial score (nSPS) is 20.9. The van der Waals surface area contributed by atoms with Crippen LogP contribution in [-0.4, -0.2) is 11.4 Å². The summed E-state index contributed by atoms with van der Waals surface area (Å²) in [5, 5.41) is 2.05. The van der Waals surface area contributed by atoms with Crippen molar-refractivity contribution < 1.29 is 0 Å². The molecule has 1 aliphatic heterocycles. The predicted molar refractivity (Wildman–Crippen MR) is 97.6 cm³/mol. The first-order valence-electron chi connectivity index (χ1n) is 7.69. The second-order valence-electron chi connectivity index (χ2n) is 5.68. The smallest absolute Gasteiger partial charge is 0.0812 e. The zero-order valence-corrected chi connectivity index (χ0v) is 14.7. The predicted octanol–water partition coefficient (Wildman–Crippen LogP) is 6.06. The van der Waals surface area contributed by atoms with Gasteiger partial charge in [-0.1, -0.05) is 54.8 Å². The van der Waals surface area contributed by atoms with Gasteiger partial charge in [0.2, 0.25) is 0 Å². The number of anilines is 1. The Morgan fingerprint density at radius 3 is 2.86 bits per heavy atom. The van der Waals surface area contributed by atoms with E-state index >= 15 is 0 Å². The molecule has 0 radical (unpaired) electrons. The number of hydrogen-bond acceptors (Lipinski definition) is 3. The highest BCUT2D eigenvalue weighted by Crippen LogP contribution is 2.47. The Labute approximate surface area is 141 Å². The van der Waals surface area contributed by atoms with E-state index in [0.29, 0.717) is 5.92 Å². The molecule has 1 aliphatic carbocycles. The van der Waals surface area contributed by atoms with Crippen LogP contribution in [-0.2, 0) is 0 Å². The molecule has 1 nitrogen and oxygen atoms in total. The van der Waals surface area contributed by atoms with Gasteiger partial charge in [-0.25, -0.2) is 0 Å². The molecule has 3 rings (SSSR count). The third-order valence-corrected chi connectivity index (χ3v) is 6.08. The molecule has 0 bridgehead atoms. The molecule has 0 saturated heterocycles. The van der Waals surface area contributed by atoms with Crippen LogP contribution < -0.4 is 4.90 Å². The van der Waals surface area contributed by atoms with Crippen LogP contribution in [0.2, 0.25) is 5.02 Å². The maximum atomic E-state index is 6.14. The van der Waals surface area contributed by atoms with Gasteiger partial charge in [0.1, 0.15) is 0 Å². The van der Waals surface area contributed by atoms with Crippen molar-refractivity contribution in [1.82, 2.24) is 0 Å². The molecule has 0 amide bonds. The number of rotatable bonds is 3. The Bertz CT molecular complexity index is 576. The molecule has 1 aromatic rings. The molecule has 4 heteroatoms. The molecule has 0 spiro atoms. The lowest BCUT2D eigenvalue weighted by Gasteiger charge is -2.23. The van der Waals surface area contributed by atoms with Crippen LogP contribution in [0, 0.1) is 5.92 Å². The van der Waals surface area contributed by atoms with E-state index in [2.05, 4.69) is 30.0 Å². The van der Waals surface area contributed by atoms with Gasteiger partial charge in [0, 0.05) is 21.3 Å². The Kier molecular flexibility index (Phi) is 4.92. The fourth-order valence-corrected chi connectivity index (χ4v) is 4.88. The van der Waals surface area contributed by atoms with Crippen LogP contribution in [0.25, 0.3) is 0 Å². The molecule has 1 heterocycles. The lowest BCUT2D eigenvalue weighted by atomic mass is 9.87. The summed E-state index contributed by atoms with van der Waals surface area (Å²) < 4.78 is 0. The van der Waals surface area contributed by atoms with E-state index in [9.17, 15) is 0 Å². The van der Waals surface area contributed by atoms with Crippen molar-refractivity contribution in [3.8, 4) is 0 Å². The van der Waals surface area contributed by atoms with Crippen molar-refractivity contribution >= 4 is 46.1 Å². The fourth-order valence-electron chi connectivity index (χ4n) is 3.13. The maximum Gasteiger partial charge on any atom is 0.0812 e. The van der Waals surface area contributed by atoms with Gasteiger partial charge in [-0.15, -0.1) is 0 Å². The first-order chi connectivity index (χ1) is 10.2. The van der Waals surface area contributed by atoms with Crippen molar-refractivity contribution in [2.75, 3.05) is 11.4 Å². The SMILES string of the molecule is CCN1C(=CC(=S)C2CCCCC2)Sc2ccc(Cl)cc21. The Balaban J connectivity index is 1.82. The lowest BCUT2D eigenvalue weighted by molar-refractivity contribution is 0.443. The molecule has 1 fully saturated rings. The minimum atomic E-state index is 0.604. The molecular weight excluding hydrogens is 318 g/mol. The summed E-state index contributed by atoms with van der Waals surface area (Å²) in [6.07, 6.45) is 8.78. The van der Waals surface area contributed by atoms with Crippen LogP contribution >= 0.6 is 35.6 Å². The van der Waals surface area contributed by atoms with Crippen LogP contribution in [0.1, 0.15) is 39.0 Å². The molecule has 0 aromatic heterocycles. The van der Waals surface area contributed by atoms with Crippen LogP contribution in [0.4, 0.5) is 5.69 Å². The molecule has 0 unspecified atom stereocenters. The average molecular weight is 338 g/mol. The molecule has 21 heavy (non-hydrogen) atoms. The van der Waals surface area contributed by atoms with Crippen LogP contribution in [0.3, 0.4) is 0 Å². The first kappa shape index (κ1) is 15.4. The minimum absolute atomic E-state index is 0.604. The monoisotopic (exact) mass is 337 g/mol. The van der Waals surface area contributed by atoms with E-state index in [0.717, 1.165) is 16.4 Å². The summed E-state index contributed by atoms with van der Waals surface area (Å²) in [5.41, 5.74) is 1.22. The van der Waals surface area contributed by atoms with E-state index in [1.54, 1.807) is 0 Å². The van der Waals surface area contributed by atoms with Crippen molar-refractivity contribution in [3.05, 3.63) is 34.3 Å². The molecule has 1 aromatic carbocycles. The summed E-state index contributed by atoms with van der Waals surface area (Å²) in [5.74, 6) is 0.604. The van der Waals surface area contributed by atoms with E-state index in [1.165, 1.54) is 47.7 Å². The summed E-state index contributed by atoms with van der Waals surface area (Å²) in [7, 11) is 0. The number of thioether (sulfide) groups is 1. The van der Waals surface area contributed by atoms with Crippen molar-refractivity contribution in [1.29, 1.82) is 0 Å². The quantitative estimate of drug-likeness (QED) is 0.487. The molecular formula is C17H20ClNS2. The molecule has 0 N–H and O–H groups in total. The Morgan fingerprint density at radius 2 is 2.14 bits per heavy atom. The van der Waals surface area contributed by atoms with Gasteiger partial charge in [0.15, 0.2) is 0 Å². The summed E-state index contributed by atoms with van der Waals surface area (Å²) >= 11 is 13.7. The van der Waals surface area contributed by atoms with Gasteiger partial charge in [0.25, 0.3) is 0 Å². The highest BCUT2D eigenvalue weighted by atomic mass is 35.5. The molecule has 2 aliphatic rings. The van der Waals surface area contributed by atoms with Gasteiger partial charge in [-0.2, -0.15) is 0 Å². The van der Waals surface area contributed by atoms with Gasteiger partial charge >= 0.3 is 0 Å². The van der Waals surface area contributed by atoms with Crippen LogP contribution in [0.15, 0.2) is 34.2 Å². The average Bonchev–Trinajstić information content (AvgIpc) is 2.84. The topological polar surface area (TPSA) is 3.24 Å².